The number of carbonyl (C=O) groups excluding carboxylic acids is 3. The van der Waals surface area contributed by atoms with E-state index >= 15 is 0 Å². The van der Waals surface area contributed by atoms with E-state index in [1.165, 1.54) is 0 Å². The van der Waals surface area contributed by atoms with Gasteiger partial charge >= 0.3 is 11.9 Å². The molecule has 0 N–H and O–H groups in total. The zero-order valence-electron chi connectivity index (χ0n) is 10.8. The molecule has 0 aromatic heterocycles. The average Bonchev–Trinajstić information content (AvgIpc) is 2.21. The molecule has 5 nitrogen and oxygen atoms in total. The van der Waals surface area contributed by atoms with Gasteiger partial charge in [-0.1, -0.05) is 0 Å². The first-order valence-corrected chi connectivity index (χ1v) is 6.34. The first kappa shape index (κ1) is 13.1. The van der Waals surface area contributed by atoms with Crippen LogP contribution in [0.1, 0.15) is 39.5 Å². The fourth-order valence-corrected chi connectivity index (χ4v) is 3.17. The van der Waals surface area contributed by atoms with Gasteiger partial charge in [-0.05, 0) is 32.1 Å². The van der Waals surface area contributed by atoms with Gasteiger partial charge in [0.05, 0.1) is 13.2 Å². The van der Waals surface area contributed by atoms with Gasteiger partial charge in [-0.15, -0.1) is 0 Å². The summed E-state index contributed by atoms with van der Waals surface area (Å²) in [5.41, 5.74) is -1.30. The highest BCUT2D eigenvalue weighted by atomic mass is 16.6. The van der Waals surface area contributed by atoms with Gasteiger partial charge < -0.3 is 9.47 Å². The molecule has 0 aliphatic heterocycles. The van der Waals surface area contributed by atoms with Crippen molar-refractivity contribution in [2.75, 3.05) is 13.2 Å². The predicted molar refractivity (Wildman–Crippen MR) is 61.6 cm³/mol. The summed E-state index contributed by atoms with van der Waals surface area (Å²) in [5.74, 6) is -0.807. The lowest BCUT2D eigenvalue weighted by molar-refractivity contribution is -0.199. The molecule has 0 heterocycles. The molecule has 0 unspecified atom stereocenters. The van der Waals surface area contributed by atoms with Gasteiger partial charge in [0.1, 0.15) is 5.78 Å². The molecule has 18 heavy (non-hydrogen) atoms. The molecule has 0 amide bonds. The van der Waals surface area contributed by atoms with Crippen LogP contribution < -0.4 is 0 Å². The standard InChI is InChI=1S/C13H18O5/c1-3-17-10(15)13(11(16)18-4-2)7-12(8-13)5-9(14)6-12/h3-8H2,1-2H3. The van der Waals surface area contributed by atoms with E-state index in [9.17, 15) is 14.4 Å². The molecule has 2 fully saturated rings. The molecular formula is C13H18O5. The Hall–Kier alpha value is -1.39. The largest absolute Gasteiger partial charge is 0.465 e. The first-order chi connectivity index (χ1) is 8.48. The van der Waals surface area contributed by atoms with Gasteiger partial charge in [0, 0.05) is 12.8 Å². The normalized spacial score (nSPS) is 22.9. The van der Waals surface area contributed by atoms with E-state index < -0.39 is 17.4 Å². The molecule has 2 rings (SSSR count). The minimum absolute atomic E-state index is 0.142. The molecule has 5 heteroatoms. The molecule has 2 saturated carbocycles. The Bertz CT molecular complexity index is 362. The lowest BCUT2D eigenvalue weighted by Gasteiger charge is -2.56. The fraction of sp³-hybridized carbons (Fsp3) is 0.769. The second kappa shape index (κ2) is 4.37. The molecule has 0 atom stereocenters. The van der Waals surface area contributed by atoms with Crippen LogP contribution in [0.2, 0.25) is 0 Å². The van der Waals surface area contributed by atoms with Gasteiger partial charge in [0.25, 0.3) is 0 Å². The van der Waals surface area contributed by atoms with Crippen molar-refractivity contribution >= 4 is 17.7 Å². The molecule has 0 aromatic carbocycles. The van der Waals surface area contributed by atoms with Crippen LogP contribution in [-0.4, -0.2) is 30.9 Å². The third kappa shape index (κ3) is 1.82. The second-order valence-electron chi connectivity index (χ2n) is 5.27. The van der Waals surface area contributed by atoms with E-state index in [0.29, 0.717) is 25.7 Å². The van der Waals surface area contributed by atoms with Gasteiger partial charge in [-0.25, -0.2) is 0 Å². The molecule has 2 aliphatic rings. The van der Waals surface area contributed by atoms with E-state index in [1.807, 2.05) is 0 Å². The van der Waals surface area contributed by atoms with Crippen LogP contribution in [0.4, 0.5) is 0 Å². The van der Waals surface area contributed by atoms with Gasteiger partial charge in [-0.2, -0.15) is 0 Å². The smallest absolute Gasteiger partial charge is 0.323 e. The summed E-state index contributed by atoms with van der Waals surface area (Å²) in [5, 5.41) is 0. The van der Waals surface area contributed by atoms with Crippen molar-refractivity contribution in [2.24, 2.45) is 10.8 Å². The summed E-state index contributed by atoms with van der Waals surface area (Å²) in [6, 6.07) is 0. The second-order valence-corrected chi connectivity index (χ2v) is 5.27. The molecule has 0 aromatic rings. The average molecular weight is 254 g/mol. The number of carbonyl (C=O) groups is 3. The van der Waals surface area contributed by atoms with E-state index in [1.54, 1.807) is 13.8 Å². The maximum absolute atomic E-state index is 12.0. The van der Waals surface area contributed by atoms with Gasteiger partial charge in [-0.3, -0.25) is 14.4 Å². The molecular weight excluding hydrogens is 236 g/mol. The summed E-state index contributed by atoms with van der Waals surface area (Å²) in [6.45, 7) is 3.90. The van der Waals surface area contributed by atoms with E-state index in [4.69, 9.17) is 9.47 Å². The summed E-state index contributed by atoms with van der Waals surface area (Å²) in [7, 11) is 0. The molecule has 2 aliphatic carbocycles. The Morgan fingerprint density at radius 3 is 1.83 bits per heavy atom. The number of hydrogen-bond acceptors (Lipinski definition) is 5. The van der Waals surface area contributed by atoms with Crippen molar-refractivity contribution in [2.45, 2.75) is 39.5 Å². The SMILES string of the molecule is CCOC(=O)C1(C(=O)OCC)CC2(CC(=O)C2)C1. The fourth-order valence-electron chi connectivity index (χ4n) is 3.17. The Morgan fingerprint density at radius 1 is 1.06 bits per heavy atom. The van der Waals surface area contributed by atoms with E-state index in [2.05, 4.69) is 0 Å². The van der Waals surface area contributed by atoms with Crippen molar-refractivity contribution in [3.05, 3.63) is 0 Å². The molecule has 100 valence electrons. The number of rotatable bonds is 4. The quantitative estimate of drug-likeness (QED) is 0.557. The molecule has 0 radical (unpaired) electrons. The van der Waals surface area contributed by atoms with Crippen molar-refractivity contribution < 1.29 is 23.9 Å². The monoisotopic (exact) mass is 254 g/mol. The van der Waals surface area contributed by atoms with Crippen LogP contribution in [0.3, 0.4) is 0 Å². The third-order valence-corrected chi connectivity index (χ3v) is 3.83. The van der Waals surface area contributed by atoms with Crippen LogP contribution in [0.5, 0.6) is 0 Å². The summed E-state index contributed by atoms with van der Waals surface area (Å²) in [4.78, 5) is 35.0. The minimum Gasteiger partial charge on any atom is -0.465 e. The van der Waals surface area contributed by atoms with Crippen LogP contribution in [0.25, 0.3) is 0 Å². The van der Waals surface area contributed by atoms with Crippen molar-refractivity contribution in [1.29, 1.82) is 0 Å². The highest BCUT2D eigenvalue weighted by molar-refractivity contribution is 6.03. The Morgan fingerprint density at radius 2 is 1.50 bits per heavy atom. The van der Waals surface area contributed by atoms with Gasteiger partial charge in [0.15, 0.2) is 5.41 Å². The van der Waals surface area contributed by atoms with Crippen molar-refractivity contribution in [3.63, 3.8) is 0 Å². The maximum Gasteiger partial charge on any atom is 0.323 e. The van der Waals surface area contributed by atoms with Crippen LogP contribution in [0, 0.1) is 10.8 Å². The van der Waals surface area contributed by atoms with E-state index in [-0.39, 0.29) is 24.4 Å². The highest BCUT2D eigenvalue weighted by Crippen LogP contribution is 2.64. The molecule has 1 spiro atoms. The first-order valence-electron chi connectivity index (χ1n) is 6.34. The summed E-state index contributed by atoms with van der Waals surface area (Å²) in [6.07, 6.45) is 1.74. The van der Waals surface area contributed by atoms with Crippen LogP contribution in [-0.2, 0) is 23.9 Å². The zero-order chi connectivity index (χ0) is 13.4. The van der Waals surface area contributed by atoms with Gasteiger partial charge in [0.2, 0.25) is 0 Å². The van der Waals surface area contributed by atoms with Crippen LogP contribution in [0.15, 0.2) is 0 Å². The maximum atomic E-state index is 12.0. The lowest BCUT2D eigenvalue weighted by Crippen LogP contribution is -2.61. The van der Waals surface area contributed by atoms with Crippen molar-refractivity contribution in [1.82, 2.24) is 0 Å². The molecule has 0 saturated heterocycles. The highest BCUT2D eigenvalue weighted by Gasteiger charge is 2.68. The lowest BCUT2D eigenvalue weighted by atomic mass is 9.45. The van der Waals surface area contributed by atoms with Crippen molar-refractivity contribution in [3.8, 4) is 0 Å². The number of hydrogen-bond donors (Lipinski definition) is 0. The number of ketones is 1. The zero-order valence-corrected chi connectivity index (χ0v) is 10.8. The Labute approximate surface area is 106 Å². The number of esters is 2. The minimum atomic E-state index is -1.16. The summed E-state index contributed by atoms with van der Waals surface area (Å²) < 4.78 is 9.96. The third-order valence-electron chi connectivity index (χ3n) is 3.83. The Kier molecular flexibility index (Phi) is 3.17. The molecule has 0 bridgehead atoms. The van der Waals surface area contributed by atoms with E-state index in [0.717, 1.165) is 0 Å². The van der Waals surface area contributed by atoms with Crippen LogP contribution >= 0.6 is 0 Å². The Balaban J connectivity index is 2.09. The summed E-state index contributed by atoms with van der Waals surface area (Å²) >= 11 is 0. The topological polar surface area (TPSA) is 69.7 Å². The predicted octanol–water partition coefficient (Wildman–Crippen LogP) is 1.24. The number of ether oxygens (including phenoxy) is 2. The number of Topliss-reactive ketones (excluding diaryl/α,β-unsaturated/α-hetero) is 1.